The van der Waals surface area contributed by atoms with Crippen molar-refractivity contribution < 1.29 is 27.5 Å². The summed E-state index contributed by atoms with van der Waals surface area (Å²) in [5, 5.41) is 10.7. The lowest BCUT2D eigenvalue weighted by molar-refractivity contribution is -0.143. The fourth-order valence-electron chi connectivity index (χ4n) is 1.04. The molecule has 0 unspecified atom stereocenters. The van der Waals surface area contributed by atoms with Gasteiger partial charge in [0.2, 0.25) is 14.9 Å². The van der Waals surface area contributed by atoms with Crippen LogP contribution in [0.2, 0.25) is 0 Å². The molecular weight excluding hydrogens is 262 g/mol. The Morgan fingerprint density at radius 2 is 1.89 bits per heavy atom. The zero-order valence-corrected chi connectivity index (χ0v) is 10.9. The van der Waals surface area contributed by atoms with Gasteiger partial charge < -0.3 is 14.8 Å². The molecule has 0 bridgehead atoms. The summed E-state index contributed by atoms with van der Waals surface area (Å²) in [5.74, 6) is -2.27. The highest BCUT2D eigenvalue weighted by atomic mass is 32.2. The van der Waals surface area contributed by atoms with E-state index < -0.39 is 27.3 Å². The molecule has 2 N–H and O–H groups in total. The van der Waals surface area contributed by atoms with Crippen molar-refractivity contribution in [1.29, 1.82) is 0 Å². The summed E-state index contributed by atoms with van der Waals surface area (Å²) < 4.78 is 27.1. The molecule has 0 spiro atoms. The van der Waals surface area contributed by atoms with Gasteiger partial charge in [-0.3, -0.25) is 4.79 Å². The van der Waals surface area contributed by atoms with Crippen LogP contribution in [-0.4, -0.2) is 37.2 Å². The van der Waals surface area contributed by atoms with Crippen molar-refractivity contribution in [2.24, 2.45) is 0 Å². The van der Waals surface area contributed by atoms with Gasteiger partial charge in [-0.15, -0.1) is 0 Å². The molecule has 1 aromatic heterocycles. The lowest BCUT2D eigenvalue weighted by Gasteiger charge is -2.19. The molecule has 100 valence electrons. The summed E-state index contributed by atoms with van der Waals surface area (Å²) in [4.78, 5) is 22.5. The van der Waals surface area contributed by atoms with Crippen molar-refractivity contribution in [1.82, 2.24) is 5.32 Å². The second kappa shape index (κ2) is 4.45. The van der Waals surface area contributed by atoms with E-state index >= 15 is 0 Å². The van der Waals surface area contributed by atoms with Gasteiger partial charge in [-0.25, -0.2) is 13.2 Å². The molecule has 0 fully saturated rings. The summed E-state index contributed by atoms with van der Waals surface area (Å²) in [6.07, 6.45) is 0.939. The van der Waals surface area contributed by atoms with Crippen LogP contribution in [0.3, 0.4) is 0 Å². The van der Waals surface area contributed by atoms with Gasteiger partial charge in [-0.1, -0.05) is 0 Å². The number of aliphatic carboxylic acids is 1. The second-order valence-corrected chi connectivity index (χ2v) is 6.22. The first kappa shape index (κ1) is 14.2. The Kier molecular flexibility index (Phi) is 3.52. The molecule has 0 saturated heterocycles. The van der Waals surface area contributed by atoms with Crippen molar-refractivity contribution in [2.75, 3.05) is 6.26 Å². The standard InChI is InChI=1S/C10H13NO6S/c1-10(2,9(13)14)11-8(12)6-4-5-7(17-6)18(3,15)16/h4-5H,1-3H3,(H,11,12)(H,13,14). The second-order valence-electron chi connectivity index (χ2n) is 4.28. The minimum Gasteiger partial charge on any atom is -0.480 e. The predicted molar refractivity (Wildman–Crippen MR) is 61.0 cm³/mol. The minimum absolute atomic E-state index is 0.259. The molecule has 1 aromatic rings. The van der Waals surface area contributed by atoms with E-state index in [1.165, 1.54) is 19.9 Å². The third-order valence-electron chi connectivity index (χ3n) is 2.13. The molecule has 8 heteroatoms. The van der Waals surface area contributed by atoms with Crippen molar-refractivity contribution >= 4 is 21.7 Å². The number of rotatable bonds is 4. The van der Waals surface area contributed by atoms with Gasteiger partial charge in [0.25, 0.3) is 5.91 Å². The lowest BCUT2D eigenvalue weighted by Crippen LogP contribution is -2.49. The Morgan fingerprint density at radius 1 is 1.33 bits per heavy atom. The number of amides is 1. The van der Waals surface area contributed by atoms with E-state index in [0.717, 1.165) is 12.3 Å². The molecule has 7 nitrogen and oxygen atoms in total. The van der Waals surface area contributed by atoms with Gasteiger partial charge in [0.1, 0.15) is 5.54 Å². The largest absolute Gasteiger partial charge is 0.480 e. The Morgan fingerprint density at radius 3 is 2.28 bits per heavy atom. The SMILES string of the molecule is CC(C)(NC(=O)c1ccc(S(C)(=O)=O)o1)C(=O)O. The van der Waals surface area contributed by atoms with Crippen LogP contribution in [0.1, 0.15) is 24.4 Å². The van der Waals surface area contributed by atoms with Crippen LogP contribution in [0.4, 0.5) is 0 Å². The summed E-state index contributed by atoms with van der Waals surface area (Å²) >= 11 is 0. The molecule has 1 rings (SSSR count). The summed E-state index contributed by atoms with van der Waals surface area (Å²) in [5.41, 5.74) is -1.48. The first-order valence-corrected chi connectivity index (χ1v) is 6.79. The number of carboxylic acid groups (broad SMARTS) is 1. The average Bonchev–Trinajstić information content (AvgIpc) is 2.64. The molecule has 18 heavy (non-hydrogen) atoms. The van der Waals surface area contributed by atoms with Crippen LogP contribution < -0.4 is 5.32 Å². The van der Waals surface area contributed by atoms with E-state index in [0.29, 0.717) is 0 Å². The van der Waals surface area contributed by atoms with Crippen LogP contribution in [0.15, 0.2) is 21.6 Å². The van der Waals surface area contributed by atoms with Crippen molar-refractivity contribution in [3.05, 3.63) is 17.9 Å². The topological polar surface area (TPSA) is 114 Å². The fraction of sp³-hybridized carbons (Fsp3) is 0.400. The lowest BCUT2D eigenvalue weighted by atomic mass is 10.1. The van der Waals surface area contributed by atoms with Gasteiger partial charge in [0.05, 0.1) is 0 Å². The molecule has 0 aliphatic carbocycles. The maximum absolute atomic E-state index is 11.6. The maximum Gasteiger partial charge on any atom is 0.328 e. The number of sulfone groups is 1. The Hall–Kier alpha value is -1.83. The number of hydrogen-bond acceptors (Lipinski definition) is 5. The van der Waals surface area contributed by atoms with Gasteiger partial charge in [0, 0.05) is 6.26 Å². The first-order chi connectivity index (χ1) is 8.04. The summed E-state index contributed by atoms with van der Waals surface area (Å²) in [7, 11) is -3.54. The number of nitrogens with one attached hydrogen (secondary N) is 1. The van der Waals surface area contributed by atoms with Crippen LogP contribution in [-0.2, 0) is 14.6 Å². The molecular formula is C10H13NO6S. The Balaban J connectivity index is 2.94. The number of hydrogen-bond donors (Lipinski definition) is 2. The molecule has 0 saturated carbocycles. The van der Waals surface area contributed by atoms with E-state index in [2.05, 4.69) is 5.32 Å². The van der Waals surface area contributed by atoms with E-state index in [4.69, 9.17) is 9.52 Å². The molecule has 0 aliphatic rings. The number of carboxylic acids is 1. The Labute approximate surface area is 104 Å². The maximum atomic E-state index is 11.6. The van der Waals surface area contributed by atoms with Crippen LogP contribution in [0, 0.1) is 0 Å². The normalized spacial score (nSPS) is 12.2. The summed E-state index contributed by atoms with van der Waals surface area (Å²) in [6, 6.07) is 2.31. The monoisotopic (exact) mass is 275 g/mol. The van der Waals surface area contributed by atoms with E-state index in [9.17, 15) is 18.0 Å². The van der Waals surface area contributed by atoms with Gasteiger partial charge in [-0.05, 0) is 26.0 Å². The third kappa shape index (κ3) is 3.10. The van der Waals surface area contributed by atoms with Crippen LogP contribution in [0.25, 0.3) is 0 Å². The van der Waals surface area contributed by atoms with Gasteiger partial charge in [-0.2, -0.15) is 0 Å². The molecule has 0 atom stereocenters. The van der Waals surface area contributed by atoms with Gasteiger partial charge in [0.15, 0.2) is 5.76 Å². The number of furan rings is 1. The van der Waals surface area contributed by atoms with E-state index in [1.54, 1.807) is 0 Å². The Bertz CT molecular complexity index is 583. The number of carbonyl (C=O) groups excluding carboxylic acids is 1. The molecule has 1 heterocycles. The average molecular weight is 275 g/mol. The zero-order valence-electron chi connectivity index (χ0n) is 10.1. The molecule has 1 amide bonds. The highest BCUT2D eigenvalue weighted by Crippen LogP contribution is 2.14. The quantitative estimate of drug-likeness (QED) is 0.815. The van der Waals surface area contributed by atoms with Gasteiger partial charge >= 0.3 is 5.97 Å². The zero-order chi connectivity index (χ0) is 14.1. The summed E-state index contributed by atoms with van der Waals surface area (Å²) in [6.45, 7) is 2.60. The smallest absolute Gasteiger partial charge is 0.328 e. The third-order valence-corrected chi connectivity index (χ3v) is 3.08. The van der Waals surface area contributed by atoms with E-state index in [1.807, 2.05) is 0 Å². The van der Waals surface area contributed by atoms with E-state index in [-0.39, 0.29) is 10.9 Å². The minimum atomic E-state index is -3.54. The fourth-order valence-corrected chi connectivity index (χ4v) is 1.60. The molecule has 0 aliphatic heterocycles. The highest BCUT2D eigenvalue weighted by Gasteiger charge is 2.30. The van der Waals surface area contributed by atoms with Crippen molar-refractivity contribution in [2.45, 2.75) is 24.5 Å². The predicted octanol–water partition coefficient (Wildman–Crippen LogP) is 0.276. The van der Waals surface area contributed by atoms with Crippen LogP contribution >= 0.6 is 0 Å². The number of carbonyl (C=O) groups is 2. The van der Waals surface area contributed by atoms with Crippen molar-refractivity contribution in [3.63, 3.8) is 0 Å². The highest BCUT2D eigenvalue weighted by molar-refractivity contribution is 7.90. The first-order valence-electron chi connectivity index (χ1n) is 4.90. The van der Waals surface area contributed by atoms with Crippen molar-refractivity contribution in [3.8, 4) is 0 Å². The molecule has 0 aromatic carbocycles. The van der Waals surface area contributed by atoms with Crippen LogP contribution in [0.5, 0.6) is 0 Å². The molecule has 0 radical (unpaired) electrons.